The van der Waals surface area contributed by atoms with Gasteiger partial charge in [-0.15, -0.1) is 11.3 Å². The van der Waals surface area contributed by atoms with E-state index in [9.17, 15) is 0 Å². The van der Waals surface area contributed by atoms with Crippen LogP contribution in [0.5, 0.6) is 0 Å². The lowest BCUT2D eigenvalue weighted by molar-refractivity contribution is 0.813. The molecule has 0 aliphatic rings. The Bertz CT molecular complexity index is 531. The van der Waals surface area contributed by atoms with Crippen LogP contribution in [0, 0.1) is 6.92 Å². The molecule has 0 aliphatic carbocycles. The van der Waals surface area contributed by atoms with Crippen molar-refractivity contribution in [3.63, 3.8) is 0 Å². The van der Waals surface area contributed by atoms with Gasteiger partial charge in [0.2, 0.25) is 0 Å². The maximum Gasteiger partial charge on any atom is 0.191 e. The zero-order valence-corrected chi connectivity index (χ0v) is 12.1. The van der Waals surface area contributed by atoms with Crippen LogP contribution in [0.2, 0.25) is 0 Å². The van der Waals surface area contributed by atoms with Crippen LogP contribution in [-0.2, 0) is 13.1 Å². The minimum atomic E-state index is 0.782. The van der Waals surface area contributed by atoms with E-state index in [-0.39, 0.29) is 0 Å². The predicted molar refractivity (Wildman–Crippen MR) is 82.5 cm³/mol. The second-order valence-electron chi connectivity index (χ2n) is 4.29. The number of hydrogen-bond donors (Lipinski definition) is 2. The summed E-state index contributed by atoms with van der Waals surface area (Å²) < 4.78 is 0. The van der Waals surface area contributed by atoms with E-state index in [1.54, 1.807) is 18.4 Å². The van der Waals surface area contributed by atoms with Gasteiger partial charge in [-0.2, -0.15) is 0 Å². The first kappa shape index (κ1) is 13.6. The fourth-order valence-corrected chi connectivity index (χ4v) is 2.60. The summed E-state index contributed by atoms with van der Waals surface area (Å²) in [5, 5.41) is 8.76. The van der Waals surface area contributed by atoms with Gasteiger partial charge in [0.15, 0.2) is 5.96 Å². The highest BCUT2D eigenvalue weighted by Gasteiger charge is 2.02. The number of rotatable bonds is 4. The summed E-state index contributed by atoms with van der Waals surface area (Å²) in [5.74, 6) is 0.830. The number of thiophene rings is 1. The van der Waals surface area contributed by atoms with Crippen LogP contribution < -0.4 is 10.6 Å². The third-order valence-corrected chi connectivity index (χ3v) is 3.93. The molecule has 100 valence electrons. The largest absolute Gasteiger partial charge is 0.352 e. The van der Waals surface area contributed by atoms with Gasteiger partial charge in [0, 0.05) is 18.5 Å². The third-order valence-electron chi connectivity index (χ3n) is 2.91. The molecule has 0 aliphatic heterocycles. The molecule has 0 amide bonds. The number of nitrogens with zero attached hydrogens (tertiary/aromatic N) is 1. The summed E-state index contributed by atoms with van der Waals surface area (Å²) in [6.45, 7) is 3.73. The van der Waals surface area contributed by atoms with Crippen molar-refractivity contribution < 1.29 is 0 Å². The number of nitrogens with one attached hydrogen (secondary N) is 2. The molecule has 0 saturated carbocycles. The van der Waals surface area contributed by atoms with Gasteiger partial charge < -0.3 is 10.6 Å². The molecule has 2 N–H and O–H groups in total. The topological polar surface area (TPSA) is 36.4 Å². The van der Waals surface area contributed by atoms with Crippen molar-refractivity contribution in [1.82, 2.24) is 10.6 Å². The van der Waals surface area contributed by atoms with Crippen molar-refractivity contribution in [3.05, 3.63) is 57.8 Å². The lowest BCUT2D eigenvalue weighted by Crippen LogP contribution is -2.36. The Morgan fingerprint density at radius 2 is 1.84 bits per heavy atom. The van der Waals surface area contributed by atoms with Crippen molar-refractivity contribution >= 4 is 17.3 Å². The average Bonchev–Trinajstić information content (AvgIpc) is 2.86. The molecule has 0 atom stereocenters. The molecule has 2 rings (SSSR count). The van der Waals surface area contributed by atoms with Crippen molar-refractivity contribution in [2.75, 3.05) is 7.05 Å². The SMILES string of the molecule is CN=C(NCc1ccccc1)NCc1sccc1C. The molecule has 1 aromatic carbocycles. The summed E-state index contributed by atoms with van der Waals surface area (Å²) in [6, 6.07) is 12.5. The third kappa shape index (κ3) is 4.10. The van der Waals surface area contributed by atoms with E-state index in [2.05, 4.69) is 46.1 Å². The van der Waals surface area contributed by atoms with Crippen molar-refractivity contribution in [3.8, 4) is 0 Å². The molecule has 3 nitrogen and oxygen atoms in total. The molecular weight excluding hydrogens is 254 g/mol. The van der Waals surface area contributed by atoms with Crippen LogP contribution in [-0.4, -0.2) is 13.0 Å². The van der Waals surface area contributed by atoms with Crippen molar-refractivity contribution in [2.45, 2.75) is 20.0 Å². The van der Waals surface area contributed by atoms with E-state index in [0.717, 1.165) is 19.0 Å². The maximum absolute atomic E-state index is 4.23. The zero-order valence-electron chi connectivity index (χ0n) is 11.3. The standard InChI is InChI=1S/C15H19N3S/c1-12-8-9-19-14(12)11-18-15(16-2)17-10-13-6-4-3-5-7-13/h3-9H,10-11H2,1-2H3,(H2,16,17,18). The molecule has 0 bridgehead atoms. The summed E-state index contributed by atoms with van der Waals surface area (Å²) in [7, 11) is 1.79. The summed E-state index contributed by atoms with van der Waals surface area (Å²) in [5.41, 5.74) is 2.58. The number of aryl methyl sites for hydroxylation is 1. The number of aliphatic imine (C=N–C) groups is 1. The molecule has 4 heteroatoms. The molecule has 0 unspecified atom stereocenters. The Balaban J connectivity index is 1.83. The fraction of sp³-hybridized carbons (Fsp3) is 0.267. The number of hydrogen-bond acceptors (Lipinski definition) is 2. The second kappa shape index (κ2) is 6.95. The molecule has 1 heterocycles. The quantitative estimate of drug-likeness (QED) is 0.664. The smallest absolute Gasteiger partial charge is 0.191 e. The Kier molecular flexibility index (Phi) is 4.98. The fourth-order valence-electron chi connectivity index (χ4n) is 1.75. The van der Waals surface area contributed by atoms with E-state index >= 15 is 0 Å². The highest BCUT2D eigenvalue weighted by atomic mass is 32.1. The van der Waals surface area contributed by atoms with Crippen LogP contribution in [0.1, 0.15) is 16.0 Å². The van der Waals surface area contributed by atoms with Gasteiger partial charge in [-0.3, -0.25) is 4.99 Å². The second-order valence-corrected chi connectivity index (χ2v) is 5.29. The zero-order chi connectivity index (χ0) is 13.5. The van der Waals surface area contributed by atoms with Crippen LogP contribution in [0.3, 0.4) is 0 Å². The lowest BCUT2D eigenvalue weighted by atomic mass is 10.2. The summed E-state index contributed by atoms with van der Waals surface area (Å²) in [4.78, 5) is 5.58. The van der Waals surface area contributed by atoms with Crippen molar-refractivity contribution in [2.24, 2.45) is 4.99 Å². The predicted octanol–water partition coefficient (Wildman–Crippen LogP) is 2.92. The van der Waals surface area contributed by atoms with Gasteiger partial charge in [-0.05, 0) is 29.5 Å². The van der Waals surface area contributed by atoms with E-state index in [0.29, 0.717) is 0 Å². The minimum absolute atomic E-state index is 0.782. The number of benzene rings is 1. The average molecular weight is 273 g/mol. The van der Waals surface area contributed by atoms with Crippen LogP contribution in [0.4, 0.5) is 0 Å². The monoisotopic (exact) mass is 273 g/mol. The molecule has 1 aromatic heterocycles. The lowest BCUT2D eigenvalue weighted by Gasteiger charge is -2.11. The van der Waals surface area contributed by atoms with Gasteiger partial charge in [-0.1, -0.05) is 30.3 Å². The van der Waals surface area contributed by atoms with E-state index in [1.807, 2.05) is 18.2 Å². The molecule has 0 radical (unpaired) electrons. The van der Waals surface area contributed by atoms with Gasteiger partial charge >= 0.3 is 0 Å². The molecule has 0 fully saturated rings. The number of guanidine groups is 1. The Morgan fingerprint density at radius 3 is 2.47 bits per heavy atom. The van der Waals surface area contributed by atoms with E-state index < -0.39 is 0 Å². The van der Waals surface area contributed by atoms with E-state index in [1.165, 1.54) is 16.0 Å². The molecule has 2 aromatic rings. The van der Waals surface area contributed by atoms with Gasteiger partial charge in [0.1, 0.15) is 0 Å². The highest BCUT2D eigenvalue weighted by molar-refractivity contribution is 7.10. The first-order valence-corrected chi connectivity index (χ1v) is 7.19. The summed E-state index contributed by atoms with van der Waals surface area (Å²) >= 11 is 1.77. The van der Waals surface area contributed by atoms with Gasteiger partial charge in [0.05, 0.1) is 6.54 Å². The van der Waals surface area contributed by atoms with E-state index in [4.69, 9.17) is 0 Å². The van der Waals surface area contributed by atoms with Crippen molar-refractivity contribution in [1.29, 1.82) is 0 Å². The minimum Gasteiger partial charge on any atom is -0.352 e. The maximum atomic E-state index is 4.23. The van der Waals surface area contributed by atoms with Crippen LogP contribution in [0.25, 0.3) is 0 Å². The molecule has 0 spiro atoms. The molecular formula is C15H19N3S. The normalized spacial score (nSPS) is 11.4. The summed E-state index contributed by atoms with van der Waals surface area (Å²) in [6.07, 6.45) is 0. The first-order chi connectivity index (χ1) is 9.29. The highest BCUT2D eigenvalue weighted by Crippen LogP contribution is 2.14. The first-order valence-electron chi connectivity index (χ1n) is 6.31. The Hall–Kier alpha value is -1.81. The Labute approximate surface area is 118 Å². The molecule has 0 saturated heterocycles. The Morgan fingerprint density at radius 1 is 1.11 bits per heavy atom. The van der Waals surface area contributed by atoms with Gasteiger partial charge in [0.25, 0.3) is 0 Å². The van der Waals surface area contributed by atoms with Gasteiger partial charge in [-0.25, -0.2) is 0 Å². The molecule has 19 heavy (non-hydrogen) atoms. The van der Waals surface area contributed by atoms with Crippen LogP contribution >= 0.6 is 11.3 Å². The van der Waals surface area contributed by atoms with Crippen LogP contribution in [0.15, 0.2) is 46.8 Å².